The van der Waals surface area contributed by atoms with E-state index in [4.69, 9.17) is 23.2 Å². The summed E-state index contributed by atoms with van der Waals surface area (Å²) in [7, 11) is 0. The minimum absolute atomic E-state index is 0.252. The summed E-state index contributed by atoms with van der Waals surface area (Å²) < 4.78 is 0. The molecule has 1 rings (SSSR count). The van der Waals surface area contributed by atoms with Crippen LogP contribution in [0.5, 0.6) is 0 Å². The summed E-state index contributed by atoms with van der Waals surface area (Å²) in [5, 5.41) is 4.84. The van der Waals surface area contributed by atoms with Crippen molar-refractivity contribution >= 4 is 23.2 Å². The summed E-state index contributed by atoms with van der Waals surface area (Å²) >= 11 is 12.5. The Morgan fingerprint density at radius 1 is 1.19 bits per heavy atom. The summed E-state index contributed by atoms with van der Waals surface area (Å²) in [5.41, 5.74) is 1.10. The van der Waals surface area contributed by atoms with E-state index in [1.54, 1.807) is 0 Å². The molecule has 1 N–H and O–H groups in total. The van der Waals surface area contributed by atoms with Crippen molar-refractivity contribution in [2.24, 2.45) is 5.92 Å². The minimum Gasteiger partial charge on any atom is -0.310 e. The Labute approximate surface area is 139 Å². The van der Waals surface area contributed by atoms with Crippen LogP contribution in [0.25, 0.3) is 0 Å². The normalized spacial score (nSPS) is 13.1. The van der Waals surface area contributed by atoms with E-state index in [9.17, 15) is 0 Å². The predicted octanol–water partition coefficient (Wildman–Crippen LogP) is 5.01. The van der Waals surface area contributed by atoms with Crippen molar-refractivity contribution in [2.75, 3.05) is 26.2 Å². The molecule has 0 saturated heterocycles. The van der Waals surface area contributed by atoms with E-state index in [1.807, 2.05) is 12.1 Å². The average Bonchev–Trinajstić information content (AvgIpc) is 2.44. The van der Waals surface area contributed by atoms with Crippen LogP contribution in [0.3, 0.4) is 0 Å². The largest absolute Gasteiger partial charge is 0.310 e. The summed E-state index contributed by atoms with van der Waals surface area (Å²) in [5.74, 6) is 0.692. The van der Waals surface area contributed by atoms with E-state index >= 15 is 0 Å². The van der Waals surface area contributed by atoms with Gasteiger partial charge in [-0.05, 0) is 43.6 Å². The molecule has 0 aliphatic rings. The molecule has 0 heterocycles. The zero-order valence-electron chi connectivity index (χ0n) is 13.6. The highest BCUT2D eigenvalue weighted by Gasteiger charge is 2.17. The molecule has 0 spiro atoms. The van der Waals surface area contributed by atoms with Gasteiger partial charge in [0, 0.05) is 12.6 Å². The highest BCUT2D eigenvalue weighted by atomic mass is 35.5. The molecule has 0 aromatic heterocycles. The molecule has 1 aromatic carbocycles. The third kappa shape index (κ3) is 6.15. The summed E-state index contributed by atoms with van der Waals surface area (Å²) in [6.45, 7) is 13.1. The molecule has 0 radical (unpaired) electrons. The molecule has 0 aliphatic carbocycles. The second-order valence-corrected chi connectivity index (χ2v) is 6.61. The standard InChI is InChI=1S/C17H28Cl2N2/c1-5-20-16(10-11-21(6-2)12-13(3)4)14-8-7-9-15(18)17(14)19/h7-9,13,16,20H,5-6,10-12H2,1-4H3. The molecular weight excluding hydrogens is 303 g/mol. The lowest BCUT2D eigenvalue weighted by Gasteiger charge is -2.26. The lowest BCUT2D eigenvalue weighted by molar-refractivity contribution is 0.242. The smallest absolute Gasteiger partial charge is 0.0640 e. The Morgan fingerprint density at radius 3 is 2.48 bits per heavy atom. The van der Waals surface area contributed by atoms with Gasteiger partial charge in [0.15, 0.2) is 0 Å². The van der Waals surface area contributed by atoms with Gasteiger partial charge < -0.3 is 10.2 Å². The molecule has 2 nitrogen and oxygen atoms in total. The Hall–Kier alpha value is -0.280. The fraction of sp³-hybridized carbons (Fsp3) is 0.647. The number of hydrogen-bond acceptors (Lipinski definition) is 2. The van der Waals surface area contributed by atoms with Gasteiger partial charge in [-0.25, -0.2) is 0 Å². The average molecular weight is 331 g/mol. The zero-order chi connectivity index (χ0) is 15.8. The second-order valence-electron chi connectivity index (χ2n) is 5.83. The number of nitrogens with zero attached hydrogens (tertiary/aromatic N) is 1. The van der Waals surface area contributed by atoms with Crippen LogP contribution in [0.4, 0.5) is 0 Å². The Bertz CT molecular complexity index is 421. The maximum atomic E-state index is 6.37. The maximum absolute atomic E-state index is 6.37. The molecule has 120 valence electrons. The Morgan fingerprint density at radius 2 is 1.90 bits per heavy atom. The number of benzene rings is 1. The molecule has 4 heteroatoms. The topological polar surface area (TPSA) is 15.3 Å². The highest BCUT2D eigenvalue weighted by Crippen LogP contribution is 2.31. The van der Waals surface area contributed by atoms with Gasteiger partial charge in [-0.1, -0.05) is 63.0 Å². The quantitative estimate of drug-likeness (QED) is 0.684. The molecule has 0 aliphatic heterocycles. The van der Waals surface area contributed by atoms with E-state index in [0.29, 0.717) is 16.0 Å². The number of hydrogen-bond donors (Lipinski definition) is 1. The number of halogens is 2. The fourth-order valence-corrected chi connectivity index (χ4v) is 3.05. The van der Waals surface area contributed by atoms with Crippen molar-refractivity contribution in [1.82, 2.24) is 10.2 Å². The van der Waals surface area contributed by atoms with Gasteiger partial charge in [0.2, 0.25) is 0 Å². The van der Waals surface area contributed by atoms with E-state index in [0.717, 1.165) is 38.2 Å². The van der Waals surface area contributed by atoms with Gasteiger partial charge in [0.1, 0.15) is 0 Å². The van der Waals surface area contributed by atoms with Crippen molar-refractivity contribution in [2.45, 2.75) is 40.2 Å². The highest BCUT2D eigenvalue weighted by molar-refractivity contribution is 6.42. The molecule has 1 aromatic rings. The van der Waals surface area contributed by atoms with Crippen LogP contribution < -0.4 is 5.32 Å². The van der Waals surface area contributed by atoms with Crippen LogP contribution in [0.15, 0.2) is 18.2 Å². The van der Waals surface area contributed by atoms with Crippen LogP contribution in [-0.4, -0.2) is 31.1 Å². The molecule has 0 bridgehead atoms. The lowest BCUT2D eigenvalue weighted by Crippen LogP contribution is -2.32. The molecule has 0 amide bonds. The van der Waals surface area contributed by atoms with Gasteiger partial charge in [0.25, 0.3) is 0 Å². The summed E-state index contributed by atoms with van der Waals surface area (Å²) in [4.78, 5) is 2.49. The first-order chi connectivity index (χ1) is 9.99. The van der Waals surface area contributed by atoms with Crippen LogP contribution in [0.2, 0.25) is 10.0 Å². The number of nitrogens with one attached hydrogen (secondary N) is 1. The Kier molecular flexibility index (Phi) is 8.65. The molecule has 21 heavy (non-hydrogen) atoms. The van der Waals surface area contributed by atoms with Crippen LogP contribution in [0, 0.1) is 5.92 Å². The molecular formula is C17H28Cl2N2. The minimum atomic E-state index is 0.252. The van der Waals surface area contributed by atoms with Crippen LogP contribution >= 0.6 is 23.2 Å². The van der Waals surface area contributed by atoms with Crippen molar-refractivity contribution in [1.29, 1.82) is 0 Å². The molecule has 1 unspecified atom stereocenters. The van der Waals surface area contributed by atoms with Crippen molar-refractivity contribution in [3.8, 4) is 0 Å². The first-order valence-corrected chi connectivity index (χ1v) is 8.64. The van der Waals surface area contributed by atoms with E-state index in [1.165, 1.54) is 0 Å². The van der Waals surface area contributed by atoms with E-state index in [-0.39, 0.29) is 6.04 Å². The van der Waals surface area contributed by atoms with Gasteiger partial charge >= 0.3 is 0 Å². The van der Waals surface area contributed by atoms with Crippen molar-refractivity contribution < 1.29 is 0 Å². The first-order valence-electron chi connectivity index (χ1n) is 7.89. The second kappa shape index (κ2) is 9.68. The van der Waals surface area contributed by atoms with Crippen molar-refractivity contribution in [3.05, 3.63) is 33.8 Å². The third-order valence-corrected chi connectivity index (χ3v) is 4.45. The van der Waals surface area contributed by atoms with Gasteiger partial charge in [0.05, 0.1) is 10.0 Å². The predicted molar refractivity (Wildman–Crippen MR) is 94.4 cm³/mol. The van der Waals surface area contributed by atoms with E-state index in [2.05, 4.69) is 44.0 Å². The zero-order valence-corrected chi connectivity index (χ0v) is 15.1. The first kappa shape index (κ1) is 18.8. The van der Waals surface area contributed by atoms with Gasteiger partial charge in [-0.3, -0.25) is 0 Å². The summed E-state index contributed by atoms with van der Waals surface area (Å²) in [6.07, 6.45) is 1.04. The van der Waals surface area contributed by atoms with Crippen molar-refractivity contribution in [3.63, 3.8) is 0 Å². The SMILES string of the molecule is CCNC(CCN(CC)CC(C)C)c1cccc(Cl)c1Cl. The van der Waals surface area contributed by atoms with E-state index < -0.39 is 0 Å². The molecule has 1 atom stereocenters. The lowest BCUT2D eigenvalue weighted by atomic mass is 10.0. The molecule has 0 saturated carbocycles. The molecule has 0 fully saturated rings. The van der Waals surface area contributed by atoms with Crippen LogP contribution in [-0.2, 0) is 0 Å². The third-order valence-electron chi connectivity index (χ3n) is 3.61. The monoisotopic (exact) mass is 330 g/mol. The fourth-order valence-electron chi connectivity index (χ4n) is 2.61. The van der Waals surface area contributed by atoms with Crippen LogP contribution in [0.1, 0.15) is 45.7 Å². The van der Waals surface area contributed by atoms with Gasteiger partial charge in [-0.15, -0.1) is 0 Å². The van der Waals surface area contributed by atoms with Gasteiger partial charge in [-0.2, -0.15) is 0 Å². The maximum Gasteiger partial charge on any atom is 0.0640 e. The summed E-state index contributed by atoms with van der Waals surface area (Å²) in [6, 6.07) is 6.13. The Balaban J connectivity index is 2.75. The number of rotatable bonds is 9.